The molecule has 170 valence electrons. The number of nitrogens with zero attached hydrogens (tertiary/aromatic N) is 1. The second-order valence-electron chi connectivity index (χ2n) is 7.99. The molecule has 8 heteroatoms. The fraction of sp³-hybridized carbons (Fsp3) is 0.375. The Labute approximate surface area is 188 Å². The van der Waals surface area contributed by atoms with Crippen LogP contribution in [0.4, 0.5) is 16.2 Å². The van der Waals surface area contributed by atoms with Crippen molar-refractivity contribution in [2.45, 2.75) is 26.7 Å². The van der Waals surface area contributed by atoms with E-state index in [0.29, 0.717) is 43.1 Å². The van der Waals surface area contributed by atoms with Crippen LogP contribution in [0.25, 0.3) is 0 Å². The van der Waals surface area contributed by atoms with Gasteiger partial charge in [0.25, 0.3) is 0 Å². The fourth-order valence-corrected chi connectivity index (χ4v) is 3.75. The summed E-state index contributed by atoms with van der Waals surface area (Å²) >= 11 is 0. The molecule has 0 spiro atoms. The van der Waals surface area contributed by atoms with Gasteiger partial charge in [-0.2, -0.15) is 0 Å². The maximum absolute atomic E-state index is 12.6. The normalized spacial score (nSPS) is 14.5. The van der Waals surface area contributed by atoms with Crippen LogP contribution in [-0.4, -0.2) is 49.5 Å². The Hall–Kier alpha value is -3.39. The summed E-state index contributed by atoms with van der Waals surface area (Å²) < 4.78 is 5.28. The molecule has 0 atom stereocenters. The van der Waals surface area contributed by atoms with Gasteiger partial charge in [0.1, 0.15) is 5.75 Å². The van der Waals surface area contributed by atoms with E-state index in [0.717, 1.165) is 11.1 Å². The molecule has 1 aliphatic heterocycles. The van der Waals surface area contributed by atoms with Gasteiger partial charge < -0.3 is 15.4 Å². The molecular formula is C24H30N4O4. The third kappa shape index (κ3) is 6.07. The minimum absolute atomic E-state index is 0.0495. The van der Waals surface area contributed by atoms with Crippen molar-refractivity contribution < 1.29 is 19.1 Å². The standard InChI is InChI=1S/C24H30N4O4/c1-16-7-6-9-19(17(16)2)26-24(31)27-22(29)15-28-13-11-18(12-14-28)23(30)25-20-8-4-5-10-21(20)32-3/h4-10,18H,11-15H2,1-3H3,(H,25,30)(H2,26,27,29,31). The maximum Gasteiger partial charge on any atom is 0.325 e. The Morgan fingerprint density at radius 2 is 1.66 bits per heavy atom. The highest BCUT2D eigenvalue weighted by Crippen LogP contribution is 2.25. The minimum Gasteiger partial charge on any atom is -0.495 e. The average molecular weight is 439 g/mol. The molecule has 1 heterocycles. The van der Waals surface area contributed by atoms with Crippen molar-refractivity contribution >= 4 is 29.2 Å². The van der Waals surface area contributed by atoms with Gasteiger partial charge in [0.2, 0.25) is 11.8 Å². The van der Waals surface area contributed by atoms with Crippen molar-refractivity contribution in [3.8, 4) is 5.75 Å². The zero-order valence-electron chi connectivity index (χ0n) is 18.7. The van der Waals surface area contributed by atoms with Crippen LogP contribution in [0.3, 0.4) is 0 Å². The van der Waals surface area contributed by atoms with Gasteiger partial charge in [0.05, 0.1) is 19.3 Å². The Bertz CT molecular complexity index is 984. The van der Waals surface area contributed by atoms with E-state index in [1.54, 1.807) is 25.3 Å². The summed E-state index contributed by atoms with van der Waals surface area (Å²) in [6.07, 6.45) is 1.28. The van der Waals surface area contributed by atoms with Gasteiger partial charge in [0, 0.05) is 11.6 Å². The number of benzene rings is 2. The van der Waals surface area contributed by atoms with Crippen LogP contribution in [0.2, 0.25) is 0 Å². The van der Waals surface area contributed by atoms with Crippen LogP contribution >= 0.6 is 0 Å². The number of hydrogen-bond acceptors (Lipinski definition) is 5. The SMILES string of the molecule is COc1ccccc1NC(=O)C1CCN(CC(=O)NC(=O)Nc2cccc(C)c2C)CC1. The van der Waals surface area contributed by atoms with E-state index in [-0.39, 0.29) is 24.3 Å². The van der Waals surface area contributed by atoms with Crippen molar-refractivity contribution in [1.29, 1.82) is 0 Å². The highest BCUT2D eigenvalue weighted by atomic mass is 16.5. The van der Waals surface area contributed by atoms with E-state index in [1.807, 2.05) is 43.0 Å². The number of methoxy groups -OCH3 is 1. The van der Waals surface area contributed by atoms with Crippen LogP contribution in [-0.2, 0) is 9.59 Å². The van der Waals surface area contributed by atoms with Crippen molar-refractivity contribution in [2.75, 3.05) is 37.4 Å². The number of piperidine rings is 1. The van der Waals surface area contributed by atoms with Gasteiger partial charge in [0.15, 0.2) is 0 Å². The third-order valence-electron chi connectivity index (χ3n) is 5.80. The van der Waals surface area contributed by atoms with Crippen LogP contribution in [0, 0.1) is 19.8 Å². The van der Waals surface area contributed by atoms with E-state index < -0.39 is 6.03 Å². The van der Waals surface area contributed by atoms with Gasteiger partial charge in [-0.15, -0.1) is 0 Å². The Morgan fingerprint density at radius 1 is 0.969 bits per heavy atom. The molecule has 32 heavy (non-hydrogen) atoms. The first-order valence-corrected chi connectivity index (χ1v) is 10.7. The number of nitrogens with one attached hydrogen (secondary N) is 3. The largest absolute Gasteiger partial charge is 0.495 e. The highest BCUT2D eigenvalue weighted by molar-refractivity contribution is 6.02. The number of urea groups is 1. The first-order valence-electron chi connectivity index (χ1n) is 10.7. The average Bonchev–Trinajstić information content (AvgIpc) is 2.77. The predicted octanol–water partition coefficient (Wildman–Crippen LogP) is 3.31. The molecule has 0 aliphatic carbocycles. The summed E-state index contributed by atoms with van der Waals surface area (Å²) in [6, 6.07) is 12.4. The first-order chi connectivity index (χ1) is 15.4. The van der Waals surface area contributed by atoms with E-state index >= 15 is 0 Å². The molecule has 3 rings (SSSR count). The fourth-order valence-electron chi connectivity index (χ4n) is 3.75. The van der Waals surface area contributed by atoms with Crippen molar-refractivity contribution in [3.63, 3.8) is 0 Å². The summed E-state index contributed by atoms with van der Waals surface area (Å²) in [5.41, 5.74) is 3.35. The van der Waals surface area contributed by atoms with Gasteiger partial charge in [-0.1, -0.05) is 24.3 Å². The molecule has 2 aromatic rings. The number of hydrogen-bond donors (Lipinski definition) is 3. The van der Waals surface area contributed by atoms with E-state index in [2.05, 4.69) is 16.0 Å². The zero-order valence-corrected chi connectivity index (χ0v) is 18.7. The third-order valence-corrected chi connectivity index (χ3v) is 5.80. The van der Waals surface area contributed by atoms with Crippen molar-refractivity contribution in [2.24, 2.45) is 5.92 Å². The molecule has 2 aromatic carbocycles. The molecule has 0 unspecified atom stereocenters. The second kappa shape index (κ2) is 10.8. The van der Waals surface area contributed by atoms with E-state index in [9.17, 15) is 14.4 Å². The Morgan fingerprint density at radius 3 is 2.38 bits per heavy atom. The summed E-state index contributed by atoms with van der Waals surface area (Å²) in [7, 11) is 1.57. The van der Waals surface area contributed by atoms with Crippen molar-refractivity contribution in [1.82, 2.24) is 10.2 Å². The molecule has 0 aromatic heterocycles. The molecule has 1 aliphatic rings. The second-order valence-corrected chi connectivity index (χ2v) is 7.99. The van der Waals surface area contributed by atoms with Gasteiger partial charge in [-0.05, 0) is 69.1 Å². The lowest BCUT2D eigenvalue weighted by molar-refractivity contribution is -0.122. The lowest BCUT2D eigenvalue weighted by atomic mass is 9.95. The van der Waals surface area contributed by atoms with Crippen LogP contribution in [0.1, 0.15) is 24.0 Å². The monoisotopic (exact) mass is 438 g/mol. The van der Waals surface area contributed by atoms with Crippen LogP contribution < -0.4 is 20.7 Å². The summed E-state index contributed by atoms with van der Waals surface area (Å²) in [5.74, 6) is 0.0668. The number of amides is 4. The number of aryl methyl sites for hydroxylation is 1. The molecule has 1 saturated heterocycles. The molecule has 0 radical (unpaired) electrons. The van der Waals surface area contributed by atoms with Crippen molar-refractivity contribution in [3.05, 3.63) is 53.6 Å². The number of ether oxygens (including phenoxy) is 1. The molecule has 0 bridgehead atoms. The van der Waals surface area contributed by atoms with Crippen LogP contribution in [0.15, 0.2) is 42.5 Å². The van der Waals surface area contributed by atoms with Gasteiger partial charge in [-0.3, -0.25) is 19.8 Å². The summed E-state index contributed by atoms with van der Waals surface area (Å²) in [5, 5.41) is 8.03. The number of carbonyl (C=O) groups excluding carboxylic acids is 3. The lowest BCUT2D eigenvalue weighted by Gasteiger charge is -2.30. The van der Waals surface area contributed by atoms with Crippen LogP contribution in [0.5, 0.6) is 5.75 Å². The molecule has 8 nitrogen and oxygen atoms in total. The number of para-hydroxylation sites is 2. The predicted molar refractivity (Wildman–Crippen MR) is 124 cm³/mol. The van der Waals surface area contributed by atoms with E-state index in [1.165, 1.54) is 0 Å². The number of likely N-dealkylation sites (tertiary alicyclic amines) is 1. The quantitative estimate of drug-likeness (QED) is 0.643. The Kier molecular flexibility index (Phi) is 7.83. The molecular weight excluding hydrogens is 408 g/mol. The maximum atomic E-state index is 12.6. The smallest absolute Gasteiger partial charge is 0.325 e. The molecule has 0 saturated carbocycles. The number of carbonyl (C=O) groups is 3. The zero-order chi connectivity index (χ0) is 23.1. The van der Waals surface area contributed by atoms with Gasteiger partial charge >= 0.3 is 6.03 Å². The number of rotatable bonds is 6. The highest BCUT2D eigenvalue weighted by Gasteiger charge is 2.26. The topological polar surface area (TPSA) is 99.8 Å². The Balaban J connectivity index is 1.43. The molecule has 1 fully saturated rings. The van der Waals surface area contributed by atoms with Gasteiger partial charge in [-0.25, -0.2) is 4.79 Å². The minimum atomic E-state index is -0.547. The summed E-state index contributed by atoms with van der Waals surface area (Å²) in [6.45, 7) is 5.21. The lowest BCUT2D eigenvalue weighted by Crippen LogP contribution is -2.45. The molecule has 3 N–H and O–H groups in total. The molecule has 4 amide bonds. The van der Waals surface area contributed by atoms with E-state index in [4.69, 9.17) is 4.74 Å². The number of imide groups is 1. The first kappa shape index (κ1) is 23.3. The number of anilines is 2. The summed E-state index contributed by atoms with van der Waals surface area (Å²) in [4.78, 5) is 39.0.